The van der Waals surface area contributed by atoms with Gasteiger partial charge in [-0.15, -0.1) is 0 Å². The van der Waals surface area contributed by atoms with Gasteiger partial charge in [0.15, 0.2) is 0 Å². The molecule has 0 amide bonds. The molecule has 1 aromatic carbocycles. The molecule has 3 nitrogen and oxygen atoms in total. The predicted molar refractivity (Wildman–Crippen MR) is 60.8 cm³/mol. The summed E-state index contributed by atoms with van der Waals surface area (Å²) in [6, 6.07) is 5.53. The fraction of sp³-hybridized carbons (Fsp3) is 0.455. The van der Waals surface area contributed by atoms with E-state index in [4.69, 9.17) is 22.2 Å². The average molecular weight is 230 g/mol. The van der Waals surface area contributed by atoms with Crippen molar-refractivity contribution >= 4 is 11.6 Å². The number of benzene rings is 1. The second kappa shape index (κ2) is 6.67. The van der Waals surface area contributed by atoms with E-state index in [9.17, 15) is 0 Å². The molecular formula is C11H16ClNO2. The van der Waals surface area contributed by atoms with Gasteiger partial charge in [-0.1, -0.05) is 31.0 Å². The Balaban J connectivity index is 2.58. The molecule has 2 N–H and O–H groups in total. The van der Waals surface area contributed by atoms with Crippen molar-refractivity contribution in [2.45, 2.75) is 26.4 Å². The highest BCUT2D eigenvalue weighted by Crippen LogP contribution is 2.25. The number of nitrogens with two attached hydrogens (primary N) is 1. The summed E-state index contributed by atoms with van der Waals surface area (Å²) in [7, 11) is 0. The van der Waals surface area contributed by atoms with Crippen LogP contribution in [0.25, 0.3) is 0 Å². The first-order valence-electron chi connectivity index (χ1n) is 5.00. The zero-order chi connectivity index (χ0) is 11.1. The molecule has 0 spiro atoms. The molecular weight excluding hydrogens is 214 g/mol. The third-order valence-corrected chi connectivity index (χ3v) is 2.30. The van der Waals surface area contributed by atoms with Crippen molar-refractivity contribution in [3.63, 3.8) is 0 Å². The van der Waals surface area contributed by atoms with E-state index in [0.717, 1.165) is 18.4 Å². The molecule has 84 valence electrons. The number of hydrogen-bond acceptors (Lipinski definition) is 3. The van der Waals surface area contributed by atoms with E-state index in [1.165, 1.54) is 0 Å². The van der Waals surface area contributed by atoms with Crippen molar-refractivity contribution in [1.82, 2.24) is 0 Å². The second-order valence-electron chi connectivity index (χ2n) is 3.28. The number of hydrogen-bond donors (Lipinski definition) is 1. The summed E-state index contributed by atoms with van der Waals surface area (Å²) in [5, 5.41) is 0.598. The molecule has 0 saturated heterocycles. The molecule has 1 aromatic rings. The molecule has 0 heterocycles. The molecule has 4 heteroatoms. The lowest BCUT2D eigenvalue weighted by atomic mass is 10.2. The Bertz CT molecular complexity index is 305. The van der Waals surface area contributed by atoms with Crippen LogP contribution in [0.5, 0.6) is 5.75 Å². The van der Waals surface area contributed by atoms with Crippen molar-refractivity contribution in [2.24, 2.45) is 5.90 Å². The van der Waals surface area contributed by atoms with E-state index in [1.54, 1.807) is 6.07 Å². The van der Waals surface area contributed by atoms with Gasteiger partial charge in [-0.2, -0.15) is 0 Å². The third kappa shape index (κ3) is 4.08. The van der Waals surface area contributed by atoms with Crippen molar-refractivity contribution < 1.29 is 9.57 Å². The summed E-state index contributed by atoms with van der Waals surface area (Å²) in [4.78, 5) is 4.52. The van der Waals surface area contributed by atoms with Gasteiger partial charge in [-0.05, 0) is 24.1 Å². The molecule has 1 rings (SSSR count). The topological polar surface area (TPSA) is 44.5 Å². The normalized spacial score (nSPS) is 10.3. The maximum atomic E-state index is 6.02. The van der Waals surface area contributed by atoms with Gasteiger partial charge in [-0.3, -0.25) is 4.84 Å². The highest BCUT2D eigenvalue weighted by Gasteiger charge is 2.02. The van der Waals surface area contributed by atoms with Gasteiger partial charge in [0.25, 0.3) is 0 Å². The summed E-state index contributed by atoms with van der Waals surface area (Å²) in [6.07, 6.45) is 2.14. The molecule has 0 saturated carbocycles. The van der Waals surface area contributed by atoms with Crippen LogP contribution in [0.3, 0.4) is 0 Å². The zero-order valence-electron chi connectivity index (χ0n) is 8.83. The van der Waals surface area contributed by atoms with Crippen LogP contribution in [-0.4, -0.2) is 6.61 Å². The molecule has 0 bridgehead atoms. The molecule has 15 heavy (non-hydrogen) atoms. The summed E-state index contributed by atoms with van der Waals surface area (Å²) in [5.74, 6) is 5.69. The Labute approximate surface area is 95.1 Å². The first-order valence-corrected chi connectivity index (χ1v) is 5.38. The van der Waals surface area contributed by atoms with Crippen LogP contribution in [0, 0.1) is 0 Å². The largest absolute Gasteiger partial charge is 0.492 e. The quantitative estimate of drug-likeness (QED) is 0.603. The minimum Gasteiger partial charge on any atom is -0.492 e. The third-order valence-electron chi connectivity index (χ3n) is 2.00. The molecule has 0 aliphatic carbocycles. The van der Waals surface area contributed by atoms with Crippen molar-refractivity contribution in [3.05, 3.63) is 28.8 Å². The maximum Gasteiger partial charge on any atom is 0.137 e. The van der Waals surface area contributed by atoms with Gasteiger partial charge in [0.05, 0.1) is 18.2 Å². The number of rotatable bonds is 6. The Morgan fingerprint density at radius 2 is 2.20 bits per heavy atom. The van der Waals surface area contributed by atoms with E-state index < -0.39 is 0 Å². The van der Waals surface area contributed by atoms with E-state index in [2.05, 4.69) is 11.8 Å². The van der Waals surface area contributed by atoms with Crippen LogP contribution in [0.2, 0.25) is 5.02 Å². The lowest BCUT2D eigenvalue weighted by molar-refractivity contribution is 0.124. The number of ether oxygens (including phenoxy) is 1. The van der Waals surface area contributed by atoms with Gasteiger partial charge in [0.1, 0.15) is 5.75 Å². The lowest BCUT2D eigenvalue weighted by Crippen LogP contribution is -2.00. The number of unbranched alkanes of at least 4 members (excludes halogenated alkanes) is 1. The Kier molecular flexibility index (Phi) is 5.47. The second-order valence-corrected chi connectivity index (χ2v) is 3.68. The van der Waals surface area contributed by atoms with Crippen LogP contribution in [-0.2, 0) is 11.4 Å². The van der Waals surface area contributed by atoms with Crippen LogP contribution >= 0.6 is 11.6 Å². The van der Waals surface area contributed by atoms with Crippen molar-refractivity contribution in [1.29, 1.82) is 0 Å². The first kappa shape index (κ1) is 12.3. The van der Waals surface area contributed by atoms with Crippen LogP contribution in [0.15, 0.2) is 18.2 Å². The van der Waals surface area contributed by atoms with Gasteiger partial charge in [-0.25, -0.2) is 5.90 Å². The Morgan fingerprint density at radius 1 is 1.40 bits per heavy atom. The Morgan fingerprint density at radius 3 is 2.80 bits per heavy atom. The van der Waals surface area contributed by atoms with E-state index in [0.29, 0.717) is 24.0 Å². The fourth-order valence-corrected chi connectivity index (χ4v) is 1.43. The Hall–Kier alpha value is -0.770. The van der Waals surface area contributed by atoms with Crippen LogP contribution < -0.4 is 10.6 Å². The summed E-state index contributed by atoms with van der Waals surface area (Å²) < 4.78 is 5.51. The smallest absolute Gasteiger partial charge is 0.137 e. The summed E-state index contributed by atoms with van der Waals surface area (Å²) in [6.45, 7) is 3.17. The molecule has 0 fully saturated rings. The van der Waals surface area contributed by atoms with Gasteiger partial charge in [0.2, 0.25) is 0 Å². The monoisotopic (exact) mass is 229 g/mol. The highest BCUT2D eigenvalue weighted by atomic mass is 35.5. The van der Waals surface area contributed by atoms with Crippen LogP contribution in [0.4, 0.5) is 0 Å². The van der Waals surface area contributed by atoms with Crippen molar-refractivity contribution in [3.8, 4) is 5.75 Å². The fourth-order valence-electron chi connectivity index (χ4n) is 1.17. The molecule has 0 atom stereocenters. The number of halogens is 1. The SMILES string of the molecule is CCCCOc1ccc(CON)cc1Cl. The maximum absolute atomic E-state index is 6.02. The van der Waals surface area contributed by atoms with E-state index in [1.807, 2.05) is 12.1 Å². The van der Waals surface area contributed by atoms with Gasteiger partial charge < -0.3 is 4.74 Å². The average Bonchev–Trinajstić information content (AvgIpc) is 2.22. The summed E-state index contributed by atoms with van der Waals surface area (Å²) in [5.41, 5.74) is 0.936. The predicted octanol–water partition coefficient (Wildman–Crippen LogP) is 2.91. The standard InChI is InChI=1S/C11H16ClNO2/c1-2-3-6-14-11-5-4-9(8-15-13)7-10(11)12/h4-5,7H,2-3,6,8,13H2,1H3. The van der Waals surface area contributed by atoms with Gasteiger partial charge in [0, 0.05) is 0 Å². The minimum atomic E-state index is 0.356. The van der Waals surface area contributed by atoms with E-state index in [-0.39, 0.29) is 0 Å². The molecule has 0 aliphatic rings. The minimum absolute atomic E-state index is 0.356. The zero-order valence-corrected chi connectivity index (χ0v) is 9.59. The first-order chi connectivity index (χ1) is 7.27. The molecule has 0 aromatic heterocycles. The van der Waals surface area contributed by atoms with Gasteiger partial charge >= 0.3 is 0 Å². The van der Waals surface area contributed by atoms with Crippen molar-refractivity contribution in [2.75, 3.05) is 6.61 Å². The molecule has 0 radical (unpaired) electrons. The molecule has 0 unspecified atom stereocenters. The van der Waals surface area contributed by atoms with E-state index >= 15 is 0 Å². The summed E-state index contributed by atoms with van der Waals surface area (Å²) >= 11 is 6.02. The lowest BCUT2D eigenvalue weighted by Gasteiger charge is -2.08. The highest BCUT2D eigenvalue weighted by molar-refractivity contribution is 6.32. The molecule has 0 aliphatic heterocycles. The van der Waals surface area contributed by atoms with Crippen LogP contribution in [0.1, 0.15) is 25.3 Å².